The number of likely N-dealkylation sites (N-methyl/N-ethyl adjacent to an activating group) is 1. The number of ether oxygens (including phenoxy) is 1. The van der Waals surface area contributed by atoms with Gasteiger partial charge in [-0.1, -0.05) is 63.4 Å². The summed E-state index contributed by atoms with van der Waals surface area (Å²) in [5.41, 5.74) is -0.398. The van der Waals surface area contributed by atoms with E-state index >= 15 is 0 Å². The van der Waals surface area contributed by atoms with Gasteiger partial charge in [0.2, 0.25) is 29.4 Å². The summed E-state index contributed by atoms with van der Waals surface area (Å²) in [6, 6.07) is 2.96. The molecule has 6 amide bonds. The van der Waals surface area contributed by atoms with Crippen LogP contribution >= 0.6 is 0 Å². The smallest absolute Gasteiger partial charge is 0.408 e. The molecule has 2 fully saturated rings. The maximum atomic E-state index is 14.4. The van der Waals surface area contributed by atoms with E-state index in [1.165, 1.54) is 9.80 Å². The van der Waals surface area contributed by atoms with E-state index in [4.69, 9.17) is 4.74 Å². The van der Waals surface area contributed by atoms with E-state index in [1.54, 1.807) is 65.1 Å². The van der Waals surface area contributed by atoms with Crippen molar-refractivity contribution in [1.29, 1.82) is 0 Å². The first-order valence-electron chi connectivity index (χ1n) is 19.7. The molecule has 5 atom stereocenters. The molecular weight excluding hydrogens is 749 g/mol. The highest BCUT2D eigenvalue weighted by Gasteiger charge is 2.46. The number of ketones is 1. The fourth-order valence-corrected chi connectivity index (χ4v) is 7.08. The zero-order chi connectivity index (χ0) is 42.7. The lowest BCUT2D eigenvalue weighted by atomic mass is 9.83. The molecular formula is C40H59F3N6O8. The SMILES string of the molecule is CCN(C)C(=O)C(NC(=O)CNC(=O)C(=O)C(CCC(F)(F)F)NC(=O)C1C[C@@H](C(C)C)CN1C(=O)C(NC(=O)OC(C)(C)C)C1CCCCC1)c1ccccc1. The molecule has 1 saturated heterocycles. The first-order chi connectivity index (χ1) is 26.6. The second-order valence-electron chi connectivity index (χ2n) is 16.3. The summed E-state index contributed by atoms with van der Waals surface area (Å²) in [5, 5.41) is 9.66. The Kier molecular flexibility index (Phi) is 16.9. The number of hydrogen-bond acceptors (Lipinski definition) is 8. The van der Waals surface area contributed by atoms with Crippen LogP contribution in [-0.2, 0) is 33.5 Å². The summed E-state index contributed by atoms with van der Waals surface area (Å²) in [6.07, 6.45) is -4.02. The van der Waals surface area contributed by atoms with Crippen molar-refractivity contribution in [3.8, 4) is 0 Å². The van der Waals surface area contributed by atoms with Crippen LogP contribution in [0.2, 0.25) is 0 Å². The van der Waals surface area contributed by atoms with E-state index in [1.807, 2.05) is 13.8 Å². The highest BCUT2D eigenvalue weighted by molar-refractivity contribution is 6.38. The minimum Gasteiger partial charge on any atom is -0.444 e. The van der Waals surface area contributed by atoms with Gasteiger partial charge in [0, 0.05) is 26.6 Å². The number of nitrogens with zero attached hydrogens (tertiary/aromatic N) is 2. The predicted octanol–water partition coefficient (Wildman–Crippen LogP) is 4.18. The van der Waals surface area contributed by atoms with Crippen molar-refractivity contribution in [2.24, 2.45) is 17.8 Å². The summed E-state index contributed by atoms with van der Waals surface area (Å²) >= 11 is 0. The fourth-order valence-electron chi connectivity index (χ4n) is 7.08. The van der Waals surface area contributed by atoms with Crippen LogP contribution in [0.25, 0.3) is 0 Å². The highest BCUT2D eigenvalue weighted by Crippen LogP contribution is 2.33. The Morgan fingerprint density at radius 1 is 0.912 bits per heavy atom. The number of likely N-dealkylation sites (tertiary alicyclic amines) is 1. The largest absolute Gasteiger partial charge is 0.444 e. The number of alkyl carbamates (subject to hydrolysis) is 1. The topological polar surface area (TPSA) is 183 Å². The molecule has 318 valence electrons. The van der Waals surface area contributed by atoms with Crippen LogP contribution in [-0.4, -0.2) is 108 Å². The number of nitrogens with one attached hydrogen (secondary N) is 4. The molecule has 1 aromatic carbocycles. The van der Waals surface area contributed by atoms with Crippen molar-refractivity contribution in [1.82, 2.24) is 31.1 Å². The van der Waals surface area contributed by atoms with Crippen molar-refractivity contribution in [2.75, 3.05) is 26.7 Å². The summed E-state index contributed by atoms with van der Waals surface area (Å²) < 4.78 is 45.8. The normalized spacial score (nSPS) is 19.2. The molecule has 1 aliphatic carbocycles. The second-order valence-corrected chi connectivity index (χ2v) is 16.3. The number of halogens is 3. The molecule has 1 aliphatic heterocycles. The number of hydrogen-bond donors (Lipinski definition) is 4. The minimum absolute atomic E-state index is 0.0104. The Bertz CT molecular complexity index is 1580. The number of Topliss-reactive ketones (excluding diaryl/α,β-unsaturated/α-hetero) is 1. The lowest BCUT2D eigenvalue weighted by molar-refractivity contribution is -0.147. The zero-order valence-corrected chi connectivity index (χ0v) is 34.0. The number of carbonyl (C=O) groups is 7. The molecule has 14 nitrogen and oxygen atoms in total. The van der Waals surface area contributed by atoms with E-state index in [2.05, 4.69) is 21.3 Å². The highest BCUT2D eigenvalue weighted by atomic mass is 19.4. The summed E-state index contributed by atoms with van der Waals surface area (Å²) in [4.78, 5) is 96.4. The zero-order valence-electron chi connectivity index (χ0n) is 34.0. The van der Waals surface area contributed by atoms with Crippen molar-refractivity contribution >= 4 is 41.4 Å². The third kappa shape index (κ3) is 14.3. The molecule has 3 rings (SSSR count). The molecule has 0 spiro atoms. The van der Waals surface area contributed by atoms with E-state index in [0.29, 0.717) is 24.9 Å². The van der Waals surface area contributed by atoms with Crippen LogP contribution < -0.4 is 21.3 Å². The number of alkyl halides is 3. The Hall–Kier alpha value is -4.70. The standard InChI is InChI=1S/C40H59F3N6O8/c1-8-48(7)36(54)31(25-15-11-9-12-16-25)46-30(50)22-44-35(53)33(51)28(19-20-40(41,42)43)45-34(52)29-21-27(24(2)3)23-49(29)37(55)32(26-17-13-10-14-18-26)47-38(56)57-39(4,5)6/h9,11-12,15-16,24,26-29,31-32H,8,10,13-14,17-23H2,1-7H3,(H,44,53)(H,45,52)(H,46,50)(H,47,56)/t27-,28?,29?,31?,32?/m1/s1. The molecule has 0 bridgehead atoms. The van der Waals surface area contributed by atoms with Crippen LogP contribution in [0, 0.1) is 17.8 Å². The lowest BCUT2D eigenvalue weighted by Crippen LogP contribution is -2.58. The van der Waals surface area contributed by atoms with Gasteiger partial charge in [-0.05, 0) is 76.7 Å². The molecule has 2 aliphatic rings. The molecule has 0 aromatic heterocycles. The molecule has 1 saturated carbocycles. The van der Waals surface area contributed by atoms with Crippen LogP contribution in [0.4, 0.5) is 18.0 Å². The molecule has 0 radical (unpaired) electrons. The van der Waals surface area contributed by atoms with Gasteiger partial charge >= 0.3 is 12.3 Å². The average molecular weight is 809 g/mol. The molecule has 1 aromatic rings. The summed E-state index contributed by atoms with van der Waals surface area (Å²) in [5.74, 6) is -6.09. The van der Waals surface area contributed by atoms with Crippen molar-refractivity contribution < 1.29 is 51.5 Å². The van der Waals surface area contributed by atoms with Gasteiger partial charge in [0.1, 0.15) is 23.7 Å². The van der Waals surface area contributed by atoms with Gasteiger partial charge < -0.3 is 35.8 Å². The first kappa shape index (κ1) is 46.7. The van der Waals surface area contributed by atoms with Gasteiger partial charge in [0.05, 0.1) is 12.6 Å². The molecule has 4 unspecified atom stereocenters. The molecule has 57 heavy (non-hydrogen) atoms. The maximum Gasteiger partial charge on any atom is 0.408 e. The molecule has 17 heteroatoms. The van der Waals surface area contributed by atoms with Gasteiger partial charge in [0.15, 0.2) is 0 Å². The Labute approximate surface area is 332 Å². The number of carbonyl (C=O) groups excluding carboxylic acids is 7. The second kappa shape index (κ2) is 20.6. The maximum absolute atomic E-state index is 14.4. The van der Waals surface area contributed by atoms with Crippen LogP contribution in [0.3, 0.4) is 0 Å². The van der Waals surface area contributed by atoms with Gasteiger partial charge in [-0.2, -0.15) is 13.2 Å². The monoisotopic (exact) mass is 808 g/mol. The number of benzene rings is 1. The average Bonchev–Trinajstić information content (AvgIpc) is 3.61. The quantitative estimate of drug-likeness (QED) is 0.180. The van der Waals surface area contributed by atoms with Gasteiger partial charge in [-0.25, -0.2) is 4.79 Å². The third-order valence-electron chi connectivity index (χ3n) is 10.4. The van der Waals surface area contributed by atoms with E-state index < -0.39 is 96.7 Å². The summed E-state index contributed by atoms with van der Waals surface area (Å²) in [7, 11) is 1.54. The lowest BCUT2D eigenvalue weighted by Gasteiger charge is -2.35. The Morgan fingerprint density at radius 3 is 2.11 bits per heavy atom. The number of amides is 6. The van der Waals surface area contributed by atoms with Crippen LogP contribution in [0.15, 0.2) is 30.3 Å². The van der Waals surface area contributed by atoms with E-state index in [9.17, 15) is 46.7 Å². The molecule has 4 N–H and O–H groups in total. The van der Waals surface area contributed by atoms with Crippen molar-refractivity contribution in [2.45, 2.75) is 129 Å². The van der Waals surface area contributed by atoms with Crippen molar-refractivity contribution in [3.05, 3.63) is 35.9 Å². The predicted molar refractivity (Wildman–Crippen MR) is 204 cm³/mol. The number of rotatable bonds is 16. The van der Waals surface area contributed by atoms with Gasteiger partial charge in [-0.15, -0.1) is 0 Å². The van der Waals surface area contributed by atoms with Gasteiger partial charge in [-0.3, -0.25) is 28.8 Å². The van der Waals surface area contributed by atoms with Crippen molar-refractivity contribution in [3.63, 3.8) is 0 Å². The van der Waals surface area contributed by atoms with E-state index in [0.717, 1.165) is 19.3 Å². The molecule has 1 heterocycles. The van der Waals surface area contributed by atoms with Crippen LogP contribution in [0.5, 0.6) is 0 Å². The Balaban J connectivity index is 1.81. The van der Waals surface area contributed by atoms with Crippen LogP contribution in [0.1, 0.15) is 105 Å². The van der Waals surface area contributed by atoms with E-state index in [-0.39, 0.29) is 30.7 Å². The summed E-state index contributed by atoms with van der Waals surface area (Å²) in [6.45, 7) is 10.2. The van der Waals surface area contributed by atoms with Gasteiger partial charge in [0.25, 0.3) is 5.91 Å². The minimum atomic E-state index is -4.75. The third-order valence-corrected chi connectivity index (χ3v) is 10.4. The Morgan fingerprint density at radius 2 is 1.54 bits per heavy atom. The first-order valence-corrected chi connectivity index (χ1v) is 19.7. The fraction of sp³-hybridized carbons (Fsp3) is 0.675.